The molecule has 2 heterocycles. The van der Waals surface area contributed by atoms with Gasteiger partial charge in [0.15, 0.2) is 5.13 Å². The first-order valence-corrected chi connectivity index (χ1v) is 12.5. The molecule has 7 nitrogen and oxygen atoms in total. The van der Waals surface area contributed by atoms with E-state index < -0.39 is 11.9 Å². The van der Waals surface area contributed by atoms with E-state index >= 15 is 0 Å². The number of ether oxygens (including phenoxy) is 2. The number of aromatic nitrogens is 1. The minimum Gasteiger partial charge on any atom is -0.493 e. The molecule has 1 aromatic heterocycles. The fourth-order valence-electron chi connectivity index (χ4n) is 3.78. The molecule has 0 aliphatic carbocycles. The summed E-state index contributed by atoms with van der Waals surface area (Å²) in [5, 5.41) is 15.5. The Labute approximate surface area is 220 Å². The normalized spacial score (nSPS) is 14.4. The molecule has 0 fully saturated rings. The Balaban J connectivity index is 1.26. The van der Waals surface area contributed by atoms with Crippen molar-refractivity contribution in [1.29, 1.82) is 0 Å². The lowest BCUT2D eigenvalue weighted by Gasteiger charge is -2.24. The maximum atomic E-state index is 12.7. The van der Waals surface area contributed by atoms with E-state index in [9.17, 15) is 14.7 Å². The number of carboxylic acids is 1. The zero-order valence-corrected chi connectivity index (χ0v) is 20.9. The number of benzene rings is 3. The summed E-state index contributed by atoms with van der Waals surface area (Å²) in [6.45, 7) is 0.301. The summed E-state index contributed by atoms with van der Waals surface area (Å²) in [5.41, 5.74) is 2.60. The summed E-state index contributed by atoms with van der Waals surface area (Å²) in [4.78, 5) is 28.7. The van der Waals surface area contributed by atoms with E-state index in [-0.39, 0.29) is 10.9 Å². The second-order valence-corrected chi connectivity index (χ2v) is 9.68. The van der Waals surface area contributed by atoms with Crippen molar-refractivity contribution in [3.8, 4) is 28.5 Å². The van der Waals surface area contributed by atoms with Crippen LogP contribution in [-0.2, 0) is 4.79 Å². The molecule has 0 radical (unpaired) electrons. The lowest BCUT2D eigenvalue weighted by molar-refractivity contribution is -0.139. The van der Waals surface area contributed by atoms with Gasteiger partial charge in [-0.3, -0.25) is 14.9 Å². The van der Waals surface area contributed by atoms with Gasteiger partial charge in [0, 0.05) is 33.2 Å². The molecule has 0 spiro atoms. The van der Waals surface area contributed by atoms with Gasteiger partial charge in [-0.1, -0.05) is 35.3 Å². The molecule has 5 rings (SSSR count). The van der Waals surface area contributed by atoms with Crippen molar-refractivity contribution in [1.82, 2.24) is 4.98 Å². The van der Waals surface area contributed by atoms with Crippen molar-refractivity contribution in [2.24, 2.45) is 0 Å². The topological polar surface area (TPSA) is 97.8 Å². The standard InChI is InChI=1S/C26H18Cl2N2O5S/c27-16-5-1-14(2-6-16)21-13-36-26(29-21)30-24(31)15-3-7-17(8-4-15)35-23-12-22-19(11-20(23)28)18(25(32)33)9-10-34-22/h1-8,11-13,18H,9-10H2,(H,32,33)(H,29,30,31). The smallest absolute Gasteiger partial charge is 0.311 e. The number of fused-ring (bicyclic) bond motifs is 1. The molecule has 2 N–H and O–H groups in total. The monoisotopic (exact) mass is 540 g/mol. The molecule has 4 aromatic rings. The van der Waals surface area contributed by atoms with Gasteiger partial charge in [-0.05, 0) is 48.9 Å². The molecule has 3 aromatic carbocycles. The number of halogens is 2. The third-order valence-corrected chi connectivity index (χ3v) is 6.92. The van der Waals surface area contributed by atoms with Crippen LogP contribution in [-0.4, -0.2) is 28.6 Å². The van der Waals surface area contributed by atoms with Gasteiger partial charge in [0.2, 0.25) is 0 Å². The second kappa shape index (κ2) is 10.2. The van der Waals surface area contributed by atoms with E-state index in [0.717, 1.165) is 11.3 Å². The van der Waals surface area contributed by atoms with E-state index in [1.54, 1.807) is 48.5 Å². The minimum absolute atomic E-state index is 0.271. The number of carbonyl (C=O) groups excluding carboxylic acids is 1. The van der Waals surface area contributed by atoms with Gasteiger partial charge in [-0.25, -0.2) is 4.98 Å². The molecule has 1 unspecified atom stereocenters. The molecule has 1 aliphatic heterocycles. The summed E-state index contributed by atoms with van der Waals surface area (Å²) >= 11 is 13.6. The molecule has 0 bridgehead atoms. The van der Waals surface area contributed by atoms with E-state index in [1.165, 1.54) is 11.3 Å². The van der Waals surface area contributed by atoms with Crippen molar-refractivity contribution in [3.05, 3.63) is 87.2 Å². The average Bonchev–Trinajstić information content (AvgIpc) is 3.33. The summed E-state index contributed by atoms with van der Waals surface area (Å²) < 4.78 is 11.5. The first-order valence-electron chi connectivity index (χ1n) is 10.9. The Kier molecular flexibility index (Phi) is 6.82. The predicted molar refractivity (Wildman–Crippen MR) is 139 cm³/mol. The number of hydrogen-bond donors (Lipinski definition) is 2. The molecule has 0 saturated heterocycles. The molecule has 36 heavy (non-hydrogen) atoms. The first kappa shape index (κ1) is 24.1. The number of nitrogens with one attached hydrogen (secondary N) is 1. The highest BCUT2D eigenvalue weighted by atomic mass is 35.5. The highest BCUT2D eigenvalue weighted by Gasteiger charge is 2.29. The maximum absolute atomic E-state index is 12.7. The largest absolute Gasteiger partial charge is 0.493 e. The Hall–Kier alpha value is -3.59. The van der Waals surface area contributed by atoms with Crippen molar-refractivity contribution in [2.45, 2.75) is 12.3 Å². The average molecular weight is 541 g/mol. The van der Waals surface area contributed by atoms with Crippen LogP contribution < -0.4 is 14.8 Å². The number of carboxylic acid groups (broad SMARTS) is 1. The number of carbonyl (C=O) groups is 2. The molecular formula is C26H18Cl2N2O5S. The van der Waals surface area contributed by atoms with Crippen molar-refractivity contribution in [2.75, 3.05) is 11.9 Å². The van der Waals surface area contributed by atoms with Crippen LogP contribution in [0.3, 0.4) is 0 Å². The number of thiazole rings is 1. The Morgan fingerprint density at radius 1 is 1.08 bits per heavy atom. The van der Waals surface area contributed by atoms with Gasteiger partial charge >= 0.3 is 5.97 Å². The highest BCUT2D eigenvalue weighted by Crippen LogP contribution is 2.41. The highest BCUT2D eigenvalue weighted by molar-refractivity contribution is 7.14. The van der Waals surface area contributed by atoms with Crippen LogP contribution in [0.15, 0.2) is 66.0 Å². The van der Waals surface area contributed by atoms with E-state index in [2.05, 4.69) is 10.3 Å². The lowest BCUT2D eigenvalue weighted by Crippen LogP contribution is -2.20. The van der Waals surface area contributed by atoms with Crippen LogP contribution in [0.2, 0.25) is 10.0 Å². The SMILES string of the molecule is O=C(Nc1nc(-c2ccc(Cl)cc2)cs1)c1ccc(Oc2cc3c(cc2Cl)C(C(=O)O)CCO3)cc1. The maximum Gasteiger partial charge on any atom is 0.311 e. The third kappa shape index (κ3) is 5.16. The third-order valence-electron chi connectivity index (χ3n) is 5.61. The van der Waals surface area contributed by atoms with Crippen molar-refractivity contribution < 1.29 is 24.2 Å². The Morgan fingerprint density at radius 2 is 1.83 bits per heavy atom. The van der Waals surface area contributed by atoms with Gasteiger partial charge in [0.05, 0.1) is 23.2 Å². The van der Waals surface area contributed by atoms with Gasteiger partial charge in [-0.15, -0.1) is 11.3 Å². The Bertz CT molecular complexity index is 1440. The van der Waals surface area contributed by atoms with Crippen LogP contribution in [0.5, 0.6) is 17.2 Å². The zero-order valence-electron chi connectivity index (χ0n) is 18.5. The van der Waals surface area contributed by atoms with Gasteiger partial charge in [0.1, 0.15) is 17.2 Å². The molecule has 0 saturated carbocycles. The van der Waals surface area contributed by atoms with Crippen LogP contribution >= 0.6 is 34.5 Å². The second-order valence-electron chi connectivity index (χ2n) is 7.97. The first-order chi connectivity index (χ1) is 17.4. The number of nitrogens with zero attached hydrogens (tertiary/aromatic N) is 1. The fourth-order valence-corrected chi connectivity index (χ4v) is 4.83. The quantitative estimate of drug-likeness (QED) is 0.270. The van der Waals surface area contributed by atoms with Crippen molar-refractivity contribution in [3.63, 3.8) is 0 Å². The number of anilines is 1. The zero-order chi connectivity index (χ0) is 25.2. The molecule has 10 heteroatoms. The predicted octanol–water partition coefficient (Wildman–Crippen LogP) is 7.11. The van der Waals surface area contributed by atoms with Crippen LogP contribution in [0.4, 0.5) is 5.13 Å². The van der Waals surface area contributed by atoms with Gasteiger partial charge in [0.25, 0.3) is 5.91 Å². The summed E-state index contributed by atoms with van der Waals surface area (Å²) in [7, 11) is 0. The summed E-state index contributed by atoms with van der Waals surface area (Å²) in [5.74, 6) is -0.673. The molecule has 1 amide bonds. The van der Waals surface area contributed by atoms with Crippen molar-refractivity contribution >= 4 is 51.5 Å². The Morgan fingerprint density at radius 3 is 2.56 bits per heavy atom. The lowest BCUT2D eigenvalue weighted by atomic mass is 9.93. The van der Waals surface area contributed by atoms with E-state index in [4.69, 9.17) is 32.7 Å². The number of amides is 1. The van der Waals surface area contributed by atoms with Crippen LogP contribution in [0.1, 0.15) is 28.3 Å². The number of aliphatic carboxylic acids is 1. The minimum atomic E-state index is -0.919. The van der Waals surface area contributed by atoms with Crippen LogP contribution in [0.25, 0.3) is 11.3 Å². The van der Waals surface area contributed by atoms with Gasteiger partial charge < -0.3 is 14.6 Å². The van der Waals surface area contributed by atoms with E-state index in [1.807, 2.05) is 17.5 Å². The van der Waals surface area contributed by atoms with Gasteiger partial charge in [-0.2, -0.15) is 0 Å². The summed E-state index contributed by atoms with van der Waals surface area (Å²) in [6, 6.07) is 17.0. The molecule has 1 aliphatic rings. The molecular weight excluding hydrogens is 523 g/mol. The molecule has 1 atom stereocenters. The number of rotatable bonds is 6. The summed E-state index contributed by atoms with van der Waals surface area (Å²) in [6.07, 6.45) is 0.381. The van der Waals surface area contributed by atoms with E-state index in [0.29, 0.717) is 51.6 Å². The number of hydrogen-bond acceptors (Lipinski definition) is 6. The van der Waals surface area contributed by atoms with Crippen LogP contribution in [0, 0.1) is 0 Å². The fraction of sp³-hybridized carbons (Fsp3) is 0.115. The molecule has 182 valence electrons.